The van der Waals surface area contributed by atoms with Crippen LogP contribution in [0.25, 0.3) is 10.9 Å². The van der Waals surface area contributed by atoms with E-state index in [1.165, 1.54) is 0 Å². The molecule has 0 saturated carbocycles. The van der Waals surface area contributed by atoms with E-state index in [2.05, 4.69) is 31.2 Å². The van der Waals surface area contributed by atoms with Crippen LogP contribution in [0.3, 0.4) is 0 Å². The number of hydrogen-bond donors (Lipinski definition) is 4. The lowest BCUT2D eigenvalue weighted by Crippen LogP contribution is -2.43. The van der Waals surface area contributed by atoms with Crippen LogP contribution in [0.1, 0.15) is 17.7 Å². The van der Waals surface area contributed by atoms with E-state index in [-0.39, 0.29) is 18.1 Å². The van der Waals surface area contributed by atoms with E-state index in [9.17, 15) is 9.59 Å². The Morgan fingerprint density at radius 3 is 2.67 bits per heavy atom. The van der Waals surface area contributed by atoms with Crippen molar-refractivity contribution in [2.75, 3.05) is 31.5 Å². The molecule has 0 spiro atoms. The number of para-hydroxylation sites is 1. The lowest BCUT2D eigenvalue weighted by atomic mass is 10.1. The number of rotatable bonds is 7. The highest BCUT2D eigenvalue weighted by Gasteiger charge is 2.23. The SMILES string of the molecule is Cc1cc(NC(=O)NCCN2CCC(NC(=O)NCc3ccccc3)C2)c2ccccc2n1. The van der Waals surface area contributed by atoms with Gasteiger partial charge >= 0.3 is 12.1 Å². The number of likely N-dealkylation sites (tertiary alicyclic amines) is 1. The number of amides is 4. The lowest BCUT2D eigenvalue weighted by Gasteiger charge is -2.17. The van der Waals surface area contributed by atoms with Crippen molar-refractivity contribution in [1.29, 1.82) is 0 Å². The second kappa shape index (κ2) is 10.8. The van der Waals surface area contributed by atoms with Crippen molar-refractivity contribution >= 4 is 28.7 Å². The number of anilines is 1. The topological polar surface area (TPSA) is 98.4 Å². The van der Waals surface area contributed by atoms with Crippen molar-refractivity contribution in [3.05, 3.63) is 71.9 Å². The quantitative estimate of drug-likeness (QED) is 0.448. The van der Waals surface area contributed by atoms with E-state index >= 15 is 0 Å². The molecule has 0 bridgehead atoms. The summed E-state index contributed by atoms with van der Waals surface area (Å²) in [5.74, 6) is 0. The minimum Gasteiger partial charge on any atom is -0.337 e. The molecule has 1 saturated heterocycles. The number of benzene rings is 2. The Kier molecular flexibility index (Phi) is 7.36. The minimum absolute atomic E-state index is 0.112. The zero-order valence-electron chi connectivity index (χ0n) is 18.8. The number of pyridine rings is 1. The van der Waals surface area contributed by atoms with Gasteiger partial charge in [-0.2, -0.15) is 0 Å². The summed E-state index contributed by atoms with van der Waals surface area (Å²) in [4.78, 5) is 31.3. The van der Waals surface area contributed by atoms with E-state index in [1.54, 1.807) is 0 Å². The number of carbonyl (C=O) groups is 2. The van der Waals surface area contributed by atoms with E-state index in [0.29, 0.717) is 13.1 Å². The Labute approximate surface area is 193 Å². The first-order valence-electron chi connectivity index (χ1n) is 11.3. The van der Waals surface area contributed by atoms with Crippen LogP contribution in [0.5, 0.6) is 0 Å². The standard InChI is InChI=1S/C25H30N6O2/c1-18-15-23(21-9-5-6-10-22(21)28-18)30-24(32)26-12-14-31-13-11-20(17-31)29-25(33)27-16-19-7-3-2-4-8-19/h2-10,15,20H,11-14,16-17H2,1H3,(H2,27,29,33)(H2,26,28,30,32). The third-order valence-corrected chi connectivity index (χ3v) is 5.71. The molecule has 0 aliphatic carbocycles. The molecule has 8 heteroatoms. The molecule has 4 rings (SSSR count). The predicted molar refractivity (Wildman–Crippen MR) is 130 cm³/mol. The number of fused-ring (bicyclic) bond motifs is 1. The van der Waals surface area contributed by atoms with Crippen LogP contribution in [0.2, 0.25) is 0 Å². The maximum Gasteiger partial charge on any atom is 0.319 e. The van der Waals surface area contributed by atoms with E-state index < -0.39 is 0 Å². The normalized spacial score (nSPS) is 15.8. The molecule has 4 amide bonds. The molecule has 1 aromatic heterocycles. The second-order valence-electron chi connectivity index (χ2n) is 8.31. The van der Waals surface area contributed by atoms with Gasteiger partial charge in [-0.15, -0.1) is 0 Å². The van der Waals surface area contributed by atoms with E-state index in [0.717, 1.165) is 53.9 Å². The summed E-state index contributed by atoms with van der Waals surface area (Å²) in [5, 5.41) is 12.7. The molecule has 8 nitrogen and oxygen atoms in total. The molecule has 4 N–H and O–H groups in total. The molecule has 33 heavy (non-hydrogen) atoms. The molecule has 2 aromatic carbocycles. The van der Waals surface area contributed by atoms with Crippen molar-refractivity contribution < 1.29 is 9.59 Å². The second-order valence-corrected chi connectivity index (χ2v) is 8.31. The van der Waals surface area contributed by atoms with Crippen molar-refractivity contribution in [1.82, 2.24) is 25.8 Å². The number of hydrogen-bond acceptors (Lipinski definition) is 4. The molecule has 1 aliphatic rings. The lowest BCUT2D eigenvalue weighted by molar-refractivity contribution is 0.236. The summed E-state index contributed by atoms with van der Waals surface area (Å²) >= 11 is 0. The Balaban J connectivity index is 1.16. The number of aromatic nitrogens is 1. The smallest absolute Gasteiger partial charge is 0.319 e. The summed E-state index contributed by atoms with van der Waals surface area (Å²) in [7, 11) is 0. The highest BCUT2D eigenvalue weighted by Crippen LogP contribution is 2.22. The number of urea groups is 2. The monoisotopic (exact) mass is 446 g/mol. The van der Waals surface area contributed by atoms with Crippen LogP contribution in [0.15, 0.2) is 60.7 Å². The number of nitrogens with one attached hydrogen (secondary N) is 4. The molecular formula is C25H30N6O2. The predicted octanol–water partition coefficient (Wildman–Crippen LogP) is 3.24. The van der Waals surface area contributed by atoms with Gasteiger partial charge < -0.3 is 21.3 Å². The third-order valence-electron chi connectivity index (χ3n) is 5.71. The number of nitrogens with zero attached hydrogens (tertiary/aromatic N) is 2. The van der Waals surface area contributed by atoms with Crippen molar-refractivity contribution in [3.8, 4) is 0 Å². The maximum atomic E-state index is 12.4. The molecule has 1 atom stereocenters. The van der Waals surface area contributed by atoms with Gasteiger partial charge in [0.05, 0.1) is 11.2 Å². The van der Waals surface area contributed by atoms with Crippen LogP contribution >= 0.6 is 0 Å². The largest absolute Gasteiger partial charge is 0.337 e. The number of carbonyl (C=O) groups excluding carboxylic acids is 2. The Morgan fingerprint density at radius 1 is 1.03 bits per heavy atom. The molecule has 172 valence electrons. The van der Waals surface area contributed by atoms with Gasteiger partial charge in [-0.3, -0.25) is 9.88 Å². The average molecular weight is 447 g/mol. The van der Waals surface area contributed by atoms with Crippen LogP contribution < -0.4 is 21.3 Å². The fourth-order valence-electron chi connectivity index (χ4n) is 4.07. The van der Waals surface area contributed by atoms with Crippen LogP contribution in [0.4, 0.5) is 15.3 Å². The highest BCUT2D eigenvalue weighted by atomic mass is 16.2. The Hall–Kier alpha value is -3.65. The van der Waals surface area contributed by atoms with Crippen LogP contribution in [-0.4, -0.2) is 54.2 Å². The van der Waals surface area contributed by atoms with Gasteiger partial charge in [0.1, 0.15) is 0 Å². The molecular weight excluding hydrogens is 416 g/mol. The highest BCUT2D eigenvalue weighted by molar-refractivity contribution is 6.00. The first kappa shape index (κ1) is 22.5. The van der Waals surface area contributed by atoms with Crippen LogP contribution in [-0.2, 0) is 6.54 Å². The molecule has 3 aromatic rings. The van der Waals surface area contributed by atoms with Gasteiger partial charge in [-0.25, -0.2) is 9.59 Å². The average Bonchev–Trinajstić information content (AvgIpc) is 3.25. The summed E-state index contributed by atoms with van der Waals surface area (Å²) in [6.45, 7) is 5.34. The first-order valence-corrected chi connectivity index (χ1v) is 11.3. The molecule has 1 fully saturated rings. The fraction of sp³-hybridized carbons (Fsp3) is 0.320. The molecule has 2 heterocycles. The van der Waals surface area contributed by atoms with Crippen molar-refractivity contribution in [2.24, 2.45) is 0 Å². The van der Waals surface area contributed by atoms with Gasteiger partial charge in [-0.1, -0.05) is 48.5 Å². The summed E-state index contributed by atoms with van der Waals surface area (Å²) < 4.78 is 0. The minimum atomic E-state index is -0.236. The summed E-state index contributed by atoms with van der Waals surface area (Å²) in [6.07, 6.45) is 0.896. The van der Waals surface area contributed by atoms with Gasteiger partial charge in [0.2, 0.25) is 0 Å². The molecule has 0 radical (unpaired) electrons. The zero-order chi connectivity index (χ0) is 23.0. The Morgan fingerprint density at radius 2 is 1.82 bits per heavy atom. The summed E-state index contributed by atoms with van der Waals surface area (Å²) in [5.41, 5.74) is 3.53. The third kappa shape index (κ3) is 6.43. The summed E-state index contributed by atoms with van der Waals surface area (Å²) in [6, 6.07) is 19.2. The van der Waals surface area contributed by atoms with Crippen molar-refractivity contribution in [2.45, 2.75) is 25.9 Å². The number of aryl methyl sites for hydroxylation is 1. The molecule has 1 unspecified atom stereocenters. The van der Waals surface area contributed by atoms with Gasteiger partial charge in [0, 0.05) is 49.8 Å². The maximum absolute atomic E-state index is 12.4. The van der Waals surface area contributed by atoms with Gasteiger partial charge in [0.15, 0.2) is 0 Å². The first-order chi connectivity index (χ1) is 16.1. The van der Waals surface area contributed by atoms with E-state index in [1.807, 2.05) is 67.6 Å². The Bertz CT molecular complexity index is 1100. The zero-order valence-corrected chi connectivity index (χ0v) is 18.8. The fourth-order valence-corrected chi connectivity index (χ4v) is 4.07. The van der Waals surface area contributed by atoms with Crippen molar-refractivity contribution in [3.63, 3.8) is 0 Å². The van der Waals surface area contributed by atoms with Gasteiger partial charge in [-0.05, 0) is 31.0 Å². The van der Waals surface area contributed by atoms with Crippen LogP contribution in [0, 0.1) is 6.92 Å². The van der Waals surface area contributed by atoms with Gasteiger partial charge in [0.25, 0.3) is 0 Å². The molecule has 1 aliphatic heterocycles. The van der Waals surface area contributed by atoms with E-state index in [4.69, 9.17) is 0 Å².